The molecule has 0 bridgehead atoms. The van der Waals surface area contributed by atoms with Crippen molar-refractivity contribution in [2.24, 2.45) is 0 Å². The fraction of sp³-hybridized carbons (Fsp3) is 0.212. The first-order chi connectivity index (χ1) is 28.1. The van der Waals surface area contributed by atoms with E-state index in [-0.39, 0.29) is 25.5 Å². The van der Waals surface area contributed by atoms with Crippen molar-refractivity contribution in [3.8, 4) is 39.5 Å². The second-order valence-corrected chi connectivity index (χ2v) is 27.9. The Hall–Kier alpha value is -5.14. The number of nitrogens with zero attached hydrogens (tertiary/aromatic N) is 4. The number of hydrogen-bond donors (Lipinski definition) is 0. The monoisotopic (exact) mass is 1010 g/mol. The van der Waals surface area contributed by atoms with Gasteiger partial charge in [-0.05, 0) is 47.7 Å². The SMILES string of the molecule is Cc1ccc2c(n1)oc1c(-c3nc4ccccc4n3-c3c(-c4ccccc4)cccc3C(C)(C)C)[c-]ccc12.[2H]C(C)(C)c1c[c-]c(-c2cc[c]([Ge]([CH3])([CH3])[CH3])cn2)cc1.[Ir]. The van der Waals surface area contributed by atoms with Gasteiger partial charge in [0.15, 0.2) is 0 Å². The average Bonchev–Trinajstić information content (AvgIpc) is 3.78. The number of fused-ring (bicyclic) bond motifs is 4. The van der Waals surface area contributed by atoms with E-state index in [9.17, 15) is 0 Å². The van der Waals surface area contributed by atoms with Gasteiger partial charge in [0, 0.05) is 36.7 Å². The Labute approximate surface area is 366 Å². The van der Waals surface area contributed by atoms with Crippen LogP contribution >= 0.6 is 0 Å². The molecule has 4 heterocycles. The van der Waals surface area contributed by atoms with Crippen molar-refractivity contribution in [1.29, 1.82) is 0 Å². The number of rotatable bonds is 6. The average molecular weight is 1010 g/mol. The summed E-state index contributed by atoms with van der Waals surface area (Å²) >= 11 is -1.78. The van der Waals surface area contributed by atoms with Crippen LogP contribution in [0.2, 0.25) is 17.3 Å². The molecule has 0 aliphatic carbocycles. The topological polar surface area (TPSA) is 56.7 Å². The summed E-state index contributed by atoms with van der Waals surface area (Å²) in [7, 11) is 0. The van der Waals surface area contributed by atoms with Crippen molar-refractivity contribution in [1.82, 2.24) is 19.5 Å². The number of pyridine rings is 2. The molecule has 0 aliphatic heterocycles. The van der Waals surface area contributed by atoms with Crippen LogP contribution in [0.3, 0.4) is 0 Å². The van der Waals surface area contributed by atoms with E-state index in [2.05, 4.69) is 150 Å². The summed E-state index contributed by atoms with van der Waals surface area (Å²) in [6.45, 7) is 12.5. The molecule has 9 rings (SSSR count). The molecule has 0 aliphatic rings. The van der Waals surface area contributed by atoms with Crippen LogP contribution in [0.5, 0.6) is 0 Å². The third kappa shape index (κ3) is 8.50. The number of imidazole rings is 1. The zero-order chi connectivity index (χ0) is 41.7. The van der Waals surface area contributed by atoms with Crippen LogP contribution in [0.4, 0.5) is 0 Å². The fourth-order valence-corrected chi connectivity index (χ4v) is 9.60. The van der Waals surface area contributed by atoms with Crippen molar-refractivity contribution >= 4 is 50.8 Å². The molecule has 9 aromatic rings. The van der Waals surface area contributed by atoms with Gasteiger partial charge in [0.05, 0.1) is 28.1 Å². The van der Waals surface area contributed by atoms with E-state index >= 15 is 0 Å². The Bertz CT molecular complexity index is 2880. The molecule has 0 saturated carbocycles. The molecule has 0 N–H and O–H groups in total. The number of para-hydroxylation sites is 3. The number of aromatic nitrogens is 4. The van der Waals surface area contributed by atoms with Gasteiger partial charge >= 0.3 is 120 Å². The molecule has 0 atom stereocenters. The summed E-state index contributed by atoms with van der Waals surface area (Å²) in [5, 5.41) is 2.01. The second kappa shape index (κ2) is 16.8. The number of hydrogen-bond acceptors (Lipinski definition) is 4. The fourth-order valence-electron chi connectivity index (χ4n) is 7.43. The summed E-state index contributed by atoms with van der Waals surface area (Å²) in [6.07, 6.45) is 2.02. The molecular weight excluding hydrogens is 961 g/mol. The third-order valence-corrected chi connectivity index (χ3v) is 14.9. The maximum Gasteiger partial charge on any atom is 0 e. The molecule has 7 heteroatoms. The third-order valence-electron chi connectivity index (χ3n) is 10.7. The zero-order valence-corrected chi connectivity index (χ0v) is 39.7. The van der Waals surface area contributed by atoms with Gasteiger partial charge < -0.3 is 8.98 Å². The van der Waals surface area contributed by atoms with Crippen LogP contribution in [0.25, 0.3) is 72.6 Å². The first-order valence-electron chi connectivity index (χ1n) is 20.4. The van der Waals surface area contributed by atoms with Gasteiger partial charge in [-0.2, -0.15) is 0 Å². The smallest absolute Gasteiger partial charge is 0 e. The molecule has 5 nitrogen and oxygen atoms in total. The van der Waals surface area contributed by atoms with Crippen LogP contribution in [0.15, 0.2) is 138 Å². The van der Waals surface area contributed by atoms with Crippen molar-refractivity contribution in [3.05, 3.63) is 163 Å². The minimum Gasteiger partial charge on any atom is 0 e. The van der Waals surface area contributed by atoms with Crippen LogP contribution < -0.4 is 4.40 Å². The van der Waals surface area contributed by atoms with Gasteiger partial charge in [0.25, 0.3) is 0 Å². The van der Waals surface area contributed by atoms with Crippen LogP contribution in [0, 0.1) is 19.1 Å². The maximum atomic E-state index is 8.02. The van der Waals surface area contributed by atoms with E-state index in [4.69, 9.17) is 10.8 Å². The molecule has 1 radical (unpaired) electrons. The first-order valence-corrected chi connectivity index (χ1v) is 27.3. The van der Waals surface area contributed by atoms with Gasteiger partial charge in [-0.25, -0.2) is 4.98 Å². The summed E-state index contributed by atoms with van der Waals surface area (Å²) in [6, 6.07) is 50.6. The normalized spacial score (nSPS) is 12.3. The quantitative estimate of drug-likeness (QED) is 0.123. The molecule has 0 spiro atoms. The van der Waals surface area contributed by atoms with E-state index in [0.717, 1.165) is 78.1 Å². The largest absolute Gasteiger partial charge is 0 e. The van der Waals surface area contributed by atoms with Gasteiger partial charge in [0.2, 0.25) is 5.71 Å². The Morgan fingerprint density at radius 2 is 1.54 bits per heavy atom. The van der Waals surface area contributed by atoms with E-state index < -0.39 is 19.2 Å². The van der Waals surface area contributed by atoms with Crippen LogP contribution in [-0.4, -0.2) is 32.8 Å². The summed E-state index contributed by atoms with van der Waals surface area (Å²) in [4.78, 5) is 14.4. The van der Waals surface area contributed by atoms with Crippen LogP contribution in [0.1, 0.15) is 58.7 Å². The van der Waals surface area contributed by atoms with E-state index in [1.165, 1.54) is 9.96 Å². The van der Waals surface area contributed by atoms with Crippen molar-refractivity contribution in [2.45, 2.75) is 70.1 Å². The molecule has 0 fully saturated rings. The van der Waals surface area contributed by atoms with E-state index in [1.807, 2.05) is 69.4 Å². The van der Waals surface area contributed by atoms with Gasteiger partial charge in [-0.15, -0.1) is 18.2 Å². The predicted molar refractivity (Wildman–Crippen MR) is 245 cm³/mol. The standard InChI is InChI=1S/C35H28N3O.C17H22GeN.Ir/c1-22-20-21-26-25-15-10-16-27(32(25)39-34(26)36-22)33-37-29-18-8-9-19-30(29)38(33)31-24(23-12-6-5-7-13-23)14-11-17-28(31)35(2,3)4;1-13(2)14-6-8-15(9-7-14)17-11-10-16(12-19-17)18(3,4)5;/h5-15,17-21H,1-4H3;6-8,10-13H,1-5H3;/q2*-1;/i;13D;. The van der Waals surface area contributed by atoms with Gasteiger partial charge in [-0.3, -0.25) is 4.98 Å². The maximum absolute atomic E-state index is 8.02. The molecule has 0 unspecified atom stereocenters. The molecular formula is C52H50GeIrN4O-2. The number of aryl methyl sites for hydroxylation is 1. The Kier molecular flexibility index (Phi) is 11.6. The number of benzene rings is 5. The molecule has 59 heavy (non-hydrogen) atoms. The minimum absolute atomic E-state index is 0. The summed E-state index contributed by atoms with van der Waals surface area (Å²) in [5.41, 5.74) is 12.6. The van der Waals surface area contributed by atoms with Gasteiger partial charge in [-0.1, -0.05) is 92.4 Å². The molecule has 0 saturated heterocycles. The second-order valence-electron chi connectivity index (χ2n) is 17.3. The van der Waals surface area contributed by atoms with Crippen molar-refractivity contribution in [2.75, 3.05) is 0 Å². The van der Waals surface area contributed by atoms with Crippen LogP contribution in [-0.2, 0) is 25.5 Å². The molecule has 299 valence electrons. The zero-order valence-electron chi connectivity index (χ0n) is 36.2. The van der Waals surface area contributed by atoms with Crippen molar-refractivity contribution in [3.63, 3.8) is 0 Å². The van der Waals surface area contributed by atoms with Crippen molar-refractivity contribution < 1.29 is 25.9 Å². The Morgan fingerprint density at radius 3 is 2.22 bits per heavy atom. The summed E-state index contributed by atoms with van der Waals surface area (Å²) in [5.74, 6) is 7.33. The predicted octanol–water partition coefficient (Wildman–Crippen LogP) is 13.3. The first kappa shape index (κ1) is 40.6. The molecule has 0 amide bonds. The molecule has 4 aromatic heterocycles. The Balaban J connectivity index is 0.000000220. The number of furan rings is 1. The summed E-state index contributed by atoms with van der Waals surface area (Å²) < 4.78 is 18.2. The Morgan fingerprint density at radius 1 is 0.780 bits per heavy atom. The molecule has 5 aromatic carbocycles. The van der Waals surface area contributed by atoms with E-state index in [1.54, 1.807) is 0 Å². The van der Waals surface area contributed by atoms with E-state index in [0.29, 0.717) is 5.71 Å². The van der Waals surface area contributed by atoms with Gasteiger partial charge in [0.1, 0.15) is 0 Å². The minimum atomic E-state index is -1.78.